The molecule has 4 rings (SSSR count). The minimum absolute atomic E-state index is 0.296. The molecule has 5 nitrogen and oxygen atoms in total. The van der Waals surface area contributed by atoms with Gasteiger partial charge in [0.1, 0.15) is 5.71 Å². The zero-order chi connectivity index (χ0) is 20.1. The summed E-state index contributed by atoms with van der Waals surface area (Å²) in [6, 6.07) is 25.7. The fourth-order valence-corrected chi connectivity index (χ4v) is 3.73. The minimum atomic E-state index is 0.296. The van der Waals surface area contributed by atoms with Crippen molar-refractivity contribution in [1.82, 2.24) is 0 Å². The average Bonchev–Trinajstić information content (AvgIpc) is 3.13. The SMILES string of the molecule is NC1=NN=C(c2cccc(CSc3ccc(Cl)cc3)c2)C1=NNc1ccccc1. The minimum Gasteiger partial charge on any atom is -0.380 e. The van der Waals surface area contributed by atoms with Crippen LogP contribution in [0.3, 0.4) is 0 Å². The molecule has 0 amide bonds. The first-order chi connectivity index (χ1) is 14.2. The van der Waals surface area contributed by atoms with E-state index in [-0.39, 0.29) is 0 Å². The summed E-state index contributed by atoms with van der Waals surface area (Å²) in [5.41, 5.74) is 13.2. The van der Waals surface area contributed by atoms with E-state index in [1.54, 1.807) is 11.8 Å². The lowest BCUT2D eigenvalue weighted by atomic mass is 10.0. The van der Waals surface area contributed by atoms with Crippen molar-refractivity contribution in [1.29, 1.82) is 0 Å². The summed E-state index contributed by atoms with van der Waals surface area (Å²) in [5, 5.41) is 13.4. The molecule has 0 bridgehead atoms. The van der Waals surface area contributed by atoms with Gasteiger partial charge in [-0.15, -0.1) is 22.0 Å². The second-order valence-corrected chi connectivity index (χ2v) is 7.80. The van der Waals surface area contributed by atoms with Crippen molar-refractivity contribution in [2.75, 3.05) is 5.43 Å². The monoisotopic (exact) mass is 419 g/mol. The van der Waals surface area contributed by atoms with Gasteiger partial charge in [0, 0.05) is 21.2 Å². The Morgan fingerprint density at radius 1 is 0.931 bits per heavy atom. The zero-order valence-electron chi connectivity index (χ0n) is 15.4. The van der Waals surface area contributed by atoms with Crippen molar-refractivity contribution in [3.05, 3.63) is 95.0 Å². The largest absolute Gasteiger partial charge is 0.380 e. The lowest BCUT2D eigenvalue weighted by molar-refractivity contribution is 1.25. The average molecular weight is 420 g/mol. The van der Waals surface area contributed by atoms with E-state index >= 15 is 0 Å². The van der Waals surface area contributed by atoms with Gasteiger partial charge in [-0.25, -0.2) is 0 Å². The smallest absolute Gasteiger partial charge is 0.176 e. The molecule has 144 valence electrons. The van der Waals surface area contributed by atoms with Gasteiger partial charge in [-0.2, -0.15) is 5.10 Å². The predicted molar refractivity (Wildman–Crippen MR) is 123 cm³/mol. The van der Waals surface area contributed by atoms with Gasteiger partial charge in [0.25, 0.3) is 0 Å². The van der Waals surface area contributed by atoms with E-state index in [0.29, 0.717) is 17.3 Å². The number of hydrazone groups is 1. The van der Waals surface area contributed by atoms with Crippen LogP contribution in [0.2, 0.25) is 5.02 Å². The van der Waals surface area contributed by atoms with Crippen molar-refractivity contribution < 1.29 is 0 Å². The number of halogens is 1. The summed E-state index contributed by atoms with van der Waals surface area (Å²) in [5.74, 6) is 1.12. The molecular formula is C22H18ClN5S. The van der Waals surface area contributed by atoms with Crippen LogP contribution in [0.15, 0.2) is 99.1 Å². The molecule has 0 aromatic heterocycles. The number of amidine groups is 1. The van der Waals surface area contributed by atoms with Crippen LogP contribution in [-0.2, 0) is 5.75 Å². The van der Waals surface area contributed by atoms with Gasteiger partial charge in [0.15, 0.2) is 11.5 Å². The molecule has 0 unspecified atom stereocenters. The first-order valence-electron chi connectivity index (χ1n) is 8.97. The number of rotatable bonds is 6. The molecule has 29 heavy (non-hydrogen) atoms. The number of anilines is 1. The van der Waals surface area contributed by atoms with E-state index < -0.39 is 0 Å². The van der Waals surface area contributed by atoms with Crippen LogP contribution >= 0.6 is 23.4 Å². The number of hydrogen-bond donors (Lipinski definition) is 2. The number of hydrogen-bond acceptors (Lipinski definition) is 6. The molecule has 0 saturated carbocycles. The van der Waals surface area contributed by atoms with Crippen LogP contribution in [0.25, 0.3) is 0 Å². The zero-order valence-corrected chi connectivity index (χ0v) is 17.0. The number of nitrogens with two attached hydrogens (primary N) is 1. The Morgan fingerprint density at radius 3 is 2.52 bits per heavy atom. The number of nitrogens with zero attached hydrogens (tertiary/aromatic N) is 3. The molecule has 1 aliphatic heterocycles. The van der Waals surface area contributed by atoms with Crippen molar-refractivity contribution in [3.63, 3.8) is 0 Å². The van der Waals surface area contributed by atoms with Gasteiger partial charge in [-0.1, -0.05) is 48.0 Å². The standard InChI is InChI=1S/C22H18ClN5S/c23-17-9-11-19(12-10-17)29-14-15-5-4-6-16(13-15)20-21(22(24)28-26-20)27-25-18-7-2-1-3-8-18/h1-13,25H,14H2,(H2,24,27,28). The lowest BCUT2D eigenvalue weighted by Crippen LogP contribution is -2.28. The van der Waals surface area contributed by atoms with Crippen molar-refractivity contribution in [2.45, 2.75) is 10.6 Å². The van der Waals surface area contributed by atoms with E-state index in [1.165, 1.54) is 10.5 Å². The van der Waals surface area contributed by atoms with Gasteiger partial charge in [-0.3, -0.25) is 5.43 Å². The fraction of sp³-hybridized carbons (Fsp3) is 0.0455. The highest BCUT2D eigenvalue weighted by Crippen LogP contribution is 2.25. The van der Waals surface area contributed by atoms with Crippen LogP contribution in [0.5, 0.6) is 0 Å². The Labute approximate surface area is 178 Å². The van der Waals surface area contributed by atoms with E-state index in [1.807, 2.05) is 66.7 Å². The van der Waals surface area contributed by atoms with Crippen molar-refractivity contribution in [2.24, 2.45) is 21.0 Å². The first kappa shape index (κ1) is 19.2. The fourth-order valence-electron chi connectivity index (χ4n) is 2.76. The van der Waals surface area contributed by atoms with E-state index in [2.05, 4.69) is 32.9 Å². The molecular weight excluding hydrogens is 402 g/mol. The maximum atomic E-state index is 6.01. The highest BCUT2D eigenvalue weighted by Gasteiger charge is 2.21. The molecule has 7 heteroatoms. The molecule has 0 atom stereocenters. The maximum absolute atomic E-state index is 6.01. The molecule has 0 aliphatic carbocycles. The third-order valence-corrected chi connectivity index (χ3v) is 5.55. The second kappa shape index (κ2) is 8.94. The molecule has 3 aromatic rings. The Kier molecular flexibility index (Phi) is 5.93. The highest BCUT2D eigenvalue weighted by atomic mass is 35.5. The molecule has 0 saturated heterocycles. The van der Waals surface area contributed by atoms with Gasteiger partial charge < -0.3 is 5.73 Å². The quantitative estimate of drug-likeness (QED) is 0.427. The lowest BCUT2D eigenvalue weighted by Gasteiger charge is -2.07. The summed E-state index contributed by atoms with van der Waals surface area (Å²) in [6.07, 6.45) is 0. The van der Waals surface area contributed by atoms with Gasteiger partial charge in [0.2, 0.25) is 0 Å². The molecule has 0 fully saturated rings. The normalized spacial score (nSPS) is 14.6. The van der Waals surface area contributed by atoms with Crippen molar-refractivity contribution in [3.8, 4) is 0 Å². The molecule has 1 heterocycles. The first-order valence-corrected chi connectivity index (χ1v) is 10.3. The summed E-state index contributed by atoms with van der Waals surface area (Å²) in [4.78, 5) is 1.17. The molecule has 3 aromatic carbocycles. The molecule has 1 aliphatic rings. The van der Waals surface area contributed by atoms with Crippen LogP contribution in [0.1, 0.15) is 11.1 Å². The predicted octanol–water partition coefficient (Wildman–Crippen LogP) is 5.18. The Hall–Kier alpha value is -3.09. The number of para-hydroxylation sites is 1. The van der Waals surface area contributed by atoms with Crippen LogP contribution in [0, 0.1) is 0 Å². The summed E-state index contributed by atoms with van der Waals surface area (Å²) in [7, 11) is 0. The third kappa shape index (κ3) is 4.85. The number of thioether (sulfide) groups is 1. The van der Waals surface area contributed by atoms with E-state index in [9.17, 15) is 0 Å². The van der Waals surface area contributed by atoms with Gasteiger partial charge >= 0.3 is 0 Å². The summed E-state index contributed by atoms with van der Waals surface area (Å²) < 4.78 is 0. The maximum Gasteiger partial charge on any atom is 0.176 e. The van der Waals surface area contributed by atoms with Gasteiger partial charge in [-0.05, 0) is 48.0 Å². The summed E-state index contributed by atoms with van der Waals surface area (Å²) in [6.45, 7) is 0. The topological polar surface area (TPSA) is 75.1 Å². The Morgan fingerprint density at radius 2 is 1.72 bits per heavy atom. The molecule has 0 radical (unpaired) electrons. The van der Waals surface area contributed by atoms with E-state index in [0.717, 1.165) is 22.0 Å². The van der Waals surface area contributed by atoms with Crippen molar-refractivity contribution >= 4 is 46.3 Å². The Bertz CT molecular complexity index is 1090. The van der Waals surface area contributed by atoms with Crippen LogP contribution in [0.4, 0.5) is 5.69 Å². The van der Waals surface area contributed by atoms with Crippen LogP contribution < -0.4 is 11.2 Å². The molecule has 0 spiro atoms. The van der Waals surface area contributed by atoms with Gasteiger partial charge in [0.05, 0.1) is 5.69 Å². The third-order valence-electron chi connectivity index (χ3n) is 4.21. The van der Waals surface area contributed by atoms with E-state index in [4.69, 9.17) is 17.3 Å². The summed E-state index contributed by atoms with van der Waals surface area (Å²) >= 11 is 7.70. The molecule has 3 N–H and O–H groups in total. The number of benzene rings is 3. The second-order valence-electron chi connectivity index (χ2n) is 6.32. The van der Waals surface area contributed by atoms with Crippen LogP contribution in [-0.4, -0.2) is 17.3 Å². The number of nitrogens with one attached hydrogen (secondary N) is 1. The Balaban J connectivity index is 1.50. The highest BCUT2D eigenvalue weighted by molar-refractivity contribution is 7.98.